The number of hydrogen-bond donors (Lipinski definition) is 2. The van der Waals surface area contributed by atoms with Crippen molar-refractivity contribution in [2.75, 3.05) is 25.2 Å². The van der Waals surface area contributed by atoms with Gasteiger partial charge in [-0.1, -0.05) is 12.1 Å². The van der Waals surface area contributed by atoms with Gasteiger partial charge in [0.25, 0.3) is 0 Å². The van der Waals surface area contributed by atoms with E-state index in [1.807, 2.05) is 24.3 Å². The van der Waals surface area contributed by atoms with Crippen LogP contribution < -0.4 is 11.1 Å². The highest BCUT2D eigenvalue weighted by atomic mass is 32.2. The summed E-state index contributed by atoms with van der Waals surface area (Å²) in [5.41, 5.74) is 7.52. The third-order valence-corrected chi connectivity index (χ3v) is 3.18. The van der Waals surface area contributed by atoms with Crippen LogP contribution in [0.3, 0.4) is 0 Å². The molecule has 0 heterocycles. The lowest BCUT2D eigenvalue weighted by atomic mass is 10.2. The van der Waals surface area contributed by atoms with Crippen molar-refractivity contribution in [1.29, 1.82) is 0 Å². The normalized spacial score (nSPS) is 12.2. The molecule has 0 aliphatic rings. The number of nitrogens with two attached hydrogens (primary N) is 1. The lowest BCUT2D eigenvalue weighted by molar-refractivity contribution is -0.118. The SMILES string of the molecule is COC(CN)CC(=O)Nc1ccc(CSC)cc1. The zero-order valence-corrected chi connectivity index (χ0v) is 11.6. The molecule has 1 unspecified atom stereocenters. The van der Waals surface area contributed by atoms with Gasteiger partial charge in [0.05, 0.1) is 12.5 Å². The standard InChI is InChI=1S/C13H20N2O2S/c1-17-12(8-14)7-13(16)15-11-5-3-10(4-6-11)9-18-2/h3-6,12H,7-9,14H2,1-2H3,(H,15,16). The number of thioether (sulfide) groups is 1. The average molecular weight is 268 g/mol. The predicted octanol–water partition coefficient (Wildman–Crippen LogP) is 1.85. The molecule has 0 spiro atoms. The molecule has 5 heteroatoms. The fourth-order valence-electron chi connectivity index (χ4n) is 1.53. The Morgan fingerprint density at radius 2 is 2.11 bits per heavy atom. The number of ether oxygens (including phenoxy) is 1. The molecule has 1 atom stereocenters. The largest absolute Gasteiger partial charge is 0.380 e. The fourth-order valence-corrected chi connectivity index (χ4v) is 2.06. The van der Waals surface area contributed by atoms with Gasteiger partial charge in [0.15, 0.2) is 0 Å². The Balaban J connectivity index is 2.48. The topological polar surface area (TPSA) is 64.3 Å². The summed E-state index contributed by atoms with van der Waals surface area (Å²) in [6, 6.07) is 7.85. The number of amides is 1. The second-order valence-corrected chi connectivity index (χ2v) is 4.84. The number of carbonyl (C=O) groups excluding carboxylic acids is 1. The molecular formula is C13H20N2O2S. The quantitative estimate of drug-likeness (QED) is 0.792. The summed E-state index contributed by atoms with van der Waals surface area (Å²) in [5.74, 6) is 0.901. The van der Waals surface area contributed by atoms with Gasteiger partial charge < -0.3 is 15.8 Å². The molecule has 0 saturated carbocycles. The van der Waals surface area contributed by atoms with Gasteiger partial charge in [-0.2, -0.15) is 11.8 Å². The van der Waals surface area contributed by atoms with Gasteiger partial charge in [-0.15, -0.1) is 0 Å². The third-order valence-electron chi connectivity index (χ3n) is 2.56. The van der Waals surface area contributed by atoms with Crippen LogP contribution in [0.5, 0.6) is 0 Å². The lowest BCUT2D eigenvalue weighted by Crippen LogP contribution is -2.28. The maximum absolute atomic E-state index is 11.7. The second kappa shape index (κ2) is 8.13. The minimum absolute atomic E-state index is 0.0788. The first kappa shape index (κ1) is 15.0. The summed E-state index contributed by atoms with van der Waals surface area (Å²) in [6.07, 6.45) is 2.12. The first-order valence-electron chi connectivity index (χ1n) is 5.80. The van der Waals surface area contributed by atoms with Crippen molar-refractivity contribution < 1.29 is 9.53 Å². The number of carbonyl (C=O) groups is 1. The first-order chi connectivity index (χ1) is 8.69. The van der Waals surface area contributed by atoms with Crippen molar-refractivity contribution in [2.45, 2.75) is 18.3 Å². The van der Waals surface area contributed by atoms with Gasteiger partial charge >= 0.3 is 0 Å². The Hall–Kier alpha value is -1.04. The number of benzene rings is 1. The maximum Gasteiger partial charge on any atom is 0.227 e. The molecule has 4 nitrogen and oxygen atoms in total. The average Bonchev–Trinajstić information content (AvgIpc) is 2.38. The van der Waals surface area contributed by atoms with E-state index < -0.39 is 0 Å². The van der Waals surface area contributed by atoms with Crippen LogP contribution in [0.2, 0.25) is 0 Å². The molecule has 0 fully saturated rings. The highest BCUT2D eigenvalue weighted by Crippen LogP contribution is 2.14. The van der Waals surface area contributed by atoms with Crippen LogP contribution in [0.25, 0.3) is 0 Å². The van der Waals surface area contributed by atoms with Gasteiger partial charge in [0, 0.05) is 25.1 Å². The summed E-state index contributed by atoms with van der Waals surface area (Å²) in [4.78, 5) is 11.7. The van der Waals surface area contributed by atoms with Crippen LogP contribution in [0.15, 0.2) is 24.3 Å². The number of methoxy groups -OCH3 is 1. The fraction of sp³-hybridized carbons (Fsp3) is 0.462. The maximum atomic E-state index is 11.7. The van der Waals surface area contributed by atoms with Gasteiger partial charge in [-0.05, 0) is 24.0 Å². The van der Waals surface area contributed by atoms with E-state index in [-0.39, 0.29) is 18.4 Å². The summed E-state index contributed by atoms with van der Waals surface area (Å²) < 4.78 is 5.07. The molecule has 100 valence electrons. The van der Waals surface area contributed by atoms with Crippen LogP contribution in [0.4, 0.5) is 5.69 Å². The summed E-state index contributed by atoms with van der Waals surface area (Å²) in [6.45, 7) is 0.344. The molecule has 0 saturated heterocycles. The number of nitrogens with one attached hydrogen (secondary N) is 1. The molecule has 3 N–H and O–H groups in total. The zero-order chi connectivity index (χ0) is 13.4. The van der Waals surface area contributed by atoms with Gasteiger partial charge in [0.2, 0.25) is 5.91 Å². The molecule has 1 aromatic rings. The monoisotopic (exact) mass is 268 g/mol. The second-order valence-electron chi connectivity index (χ2n) is 3.98. The van der Waals surface area contributed by atoms with E-state index in [4.69, 9.17) is 10.5 Å². The third kappa shape index (κ3) is 5.08. The molecule has 1 aromatic carbocycles. The van der Waals surface area contributed by atoms with Gasteiger partial charge in [0.1, 0.15) is 0 Å². The van der Waals surface area contributed by atoms with Crippen molar-refractivity contribution in [3.8, 4) is 0 Å². The molecule has 0 aliphatic carbocycles. The van der Waals surface area contributed by atoms with Crippen molar-refractivity contribution in [3.63, 3.8) is 0 Å². The Morgan fingerprint density at radius 1 is 1.44 bits per heavy atom. The Labute approximate surface area is 112 Å². The summed E-state index contributed by atoms with van der Waals surface area (Å²) in [7, 11) is 1.56. The minimum atomic E-state index is -0.222. The van der Waals surface area contributed by atoms with Crippen molar-refractivity contribution in [1.82, 2.24) is 0 Å². The van der Waals surface area contributed by atoms with E-state index in [9.17, 15) is 4.79 Å². The Morgan fingerprint density at radius 3 is 2.61 bits per heavy atom. The van der Waals surface area contributed by atoms with Crippen molar-refractivity contribution in [3.05, 3.63) is 29.8 Å². The highest BCUT2D eigenvalue weighted by molar-refractivity contribution is 7.97. The van der Waals surface area contributed by atoms with E-state index in [1.165, 1.54) is 5.56 Å². The van der Waals surface area contributed by atoms with Crippen molar-refractivity contribution >= 4 is 23.4 Å². The molecule has 1 amide bonds. The van der Waals surface area contributed by atoms with E-state index in [0.29, 0.717) is 6.54 Å². The van der Waals surface area contributed by atoms with E-state index in [0.717, 1.165) is 11.4 Å². The Bertz CT molecular complexity index is 364. The van der Waals surface area contributed by atoms with Gasteiger partial charge in [-0.25, -0.2) is 0 Å². The molecular weight excluding hydrogens is 248 g/mol. The van der Waals surface area contributed by atoms with E-state index >= 15 is 0 Å². The van der Waals surface area contributed by atoms with Crippen LogP contribution in [-0.2, 0) is 15.3 Å². The van der Waals surface area contributed by atoms with Crippen LogP contribution in [-0.4, -0.2) is 31.9 Å². The molecule has 18 heavy (non-hydrogen) atoms. The van der Waals surface area contributed by atoms with Crippen LogP contribution >= 0.6 is 11.8 Å². The first-order valence-corrected chi connectivity index (χ1v) is 7.19. The molecule has 0 bridgehead atoms. The smallest absolute Gasteiger partial charge is 0.227 e. The molecule has 0 aliphatic heterocycles. The number of hydrogen-bond acceptors (Lipinski definition) is 4. The summed E-state index contributed by atoms with van der Waals surface area (Å²) >= 11 is 1.77. The van der Waals surface area contributed by atoms with Crippen LogP contribution in [0, 0.1) is 0 Å². The minimum Gasteiger partial charge on any atom is -0.380 e. The zero-order valence-electron chi connectivity index (χ0n) is 10.8. The Kier molecular flexibility index (Phi) is 6.78. The number of rotatable bonds is 7. The van der Waals surface area contributed by atoms with Gasteiger partial charge in [-0.3, -0.25) is 4.79 Å². The molecule has 1 rings (SSSR count). The predicted molar refractivity (Wildman–Crippen MR) is 76.8 cm³/mol. The highest BCUT2D eigenvalue weighted by Gasteiger charge is 2.11. The van der Waals surface area contributed by atoms with Crippen LogP contribution in [0.1, 0.15) is 12.0 Å². The summed E-state index contributed by atoms with van der Waals surface area (Å²) in [5, 5.41) is 2.83. The number of anilines is 1. The molecule has 0 aromatic heterocycles. The van der Waals surface area contributed by atoms with Crippen molar-refractivity contribution in [2.24, 2.45) is 5.73 Å². The van der Waals surface area contributed by atoms with E-state index in [2.05, 4.69) is 11.6 Å². The molecule has 0 radical (unpaired) electrons. The lowest BCUT2D eigenvalue weighted by Gasteiger charge is -2.12. The van der Waals surface area contributed by atoms with E-state index in [1.54, 1.807) is 18.9 Å².